The first kappa shape index (κ1) is 22.0. The molecule has 1 aromatic heterocycles. The molecule has 4 rings (SSSR count). The Morgan fingerprint density at radius 1 is 1.09 bits per heavy atom. The standard InChI is InChI=1S/C26H21FN2O4/c1-32-25(30)22-14-17(15-29-24(22)27)8-6-7-13-28-26(31)33-16-23-20-11-4-2-9-18(20)19-10-3-5-12-21(19)23/h2-5,9-12,14-15,23H,7,13,16H2,1H3,(H,28,31). The number of hydrogen-bond acceptors (Lipinski definition) is 5. The number of halogens is 1. The summed E-state index contributed by atoms with van der Waals surface area (Å²) in [6.07, 6.45) is 1.05. The first-order valence-corrected chi connectivity index (χ1v) is 10.4. The van der Waals surface area contributed by atoms with Crippen LogP contribution in [0.15, 0.2) is 60.8 Å². The lowest BCUT2D eigenvalue weighted by atomic mass is 9.98. The SMILES string of the molecule is COC(=O)c1cc(C#CCCNC(=O)OCC2c3ccccc3-c3ccccc32)cnc1F. The number of esters is 1. The van der Waals surface area contributed by atoms with E-state index in [1.54, 1.807) is 0 Å². The van der Waals surface area contributed by atoms with Crippen LogP contribution in [0.5, 0.6) is 0 Å². The summed E-state index contributed by atoms with van der Waals surface area (Å²) in [6, 6.07) is 17.5. The highest BCUT2D eigenvalue weighted by Gasteiger charge is 2.28. The smallest absolute Gasteiger partial charge is 0.407 e. The van der Waals surface area contributed by atoms with E-state index in [1.807, 2.05) is 24.3 Å². The van der Waals surface area contributed by atoms with Crippen molar-refractivity contribution in [3.8, 4) is 23.0 Å². The summed E-state index contributed by atoms with van der Waals surface area (Å²) in [5.41, 5.74) is 4.73. The summed E-state index contributed by atoms with van der Waals surface area (Å²) in [4.78, 5) is 27.2. The van der Waals surface area contributed by atoms with Crippen molar-refractivity contribution in [2.45, 2.75) is 12.3 Å². The van der Waals surface area contributed by atoms with Crippen molar-refractivity contribution in [3.05, 3.63) is 89.0 Å². The van der Waals surface area contributed by atoms with Crippen LogP contribution in [0.25, 0.3) is 11.1 Å². The summed E-state index contributed by atoms with van der Waals surface area (Å²) in [6.45, 7) is 0.519. The zero-order chi connectivity index (χ0) is 23.2. The van der Waals surface area contributed by atoms with E-state index in [-0.39, 0.29) is 24.6 Å². The fourth-order valence-corrected chi connectivity index (χ4v) is 3.81. The van der Waals surface area contributed by atoms with Crippen LogP contribution in [0.2, 0.25) is 0 Å². The van der Waals surface area contributed by atoms with Gasteiger partial charge in [0.05, 0.1) is 7.11 Å². The number of carbonyl (C=O) groups is 2. The molecule has 0 atom stereocenters. The number of methoxy groups -OCH3 is 1. The molecule has 0 radical (unpaired) electrons. The molecule has 3 aromatic rings. The van der Waals surface area contributed by atoms with E-state index in [9.17, 15) is 14.0 Å². The number of nitrogens with zero attached hydrogens (tertiary/aromatic N) is 1. The number of carbonyl (C=O) groups excluding carboxylic acids is 2. The zero-order valence-corrected chi connectivity index (χ0v) is 17.9. The van der Waals surface area contributed by atoms with Gasteiger partial charge in [0.25, 0.3) is 0 Å². The molecule has 0 unspecified atom stereocenters. The van der Waals surface area contributed by atoms with Crippen LogP contribution in [0.3, 0.4) is 0 Å². The number of aromatic nitrogens is 1. The Labute approximate surface area is 190 Å². The third kappa shape index (κ3) is 4.85. The molecule has 1 heterocycles. The highest BCUT2D eigenvalue weighted by atomic mass is 19.1. The average Bonchev–Trinajstić information content (AvgIpc) is 3.16. The lowest BCUT2D eigenvalue weighted by Gasteiger charge is -2.14. The topological polar surface area (TPSA) is 77.5 Å². The van der Waals surface area contributed by atoms with Crippen molar-refractivity contribution < 1.29 is 23.5 Å². The van der Waals surface area contributed by atoms with Crippen LogP contribution in [-0.4, -0.2) is 37.3 Å². The van der Waals surface area contributed by atoms with Gasteiger partial charge in [0, 0.05) is 30.6 Å². The van der Waals surface area contributed by atoms with E-state index >= 15 is 0 Å². The number of hydrogen-bond donors (Lipinski definition) is 1. The molecule has 1 amide bonds. The van der Waals surface area contributed by atoms with Gasteiger partial charge in [0.15, 0.2) is 0 Å². The van der Waals surface area contributed by atoms with Crippen LogP contribution < -0.4 is 5.32 Å². The van der Waals surface area contributed by atoms with Crippen molar-refractivity contribution in [3.63, 3.8) is 0 Å². The summed E-state index contributed by atoms with van der Waals surface area (Å²) < 4.78 is 23.5. The predicted octanol–water partition coefficient (Wildman–Crippen LogP) is 4.29. The number of benzene rings is 2. The molecule has 166 valence electrons. The molecule has 1 N–H and O–H groups in total. The van der Waals surface area contributed by atoms with Crippen molar-refractivity contribution in [2.75, 3.05) is 20.3 Å². The molecule has 7 heteroatoms. The van der Waals surface area contributed by atoms with Crippen LogP contribution in [0, 0.1) is 17.8 Å². The number of rotatable bonds is 5. The number of amides is 1. The summed E-state index contributed by atoms with van der Waals surface area (Å²) >= 11 is 0. The van der Waals surface area contributed by atoms with E-state index in [4.69, 9.17) is 4.74 Å². The van der Waals surface area contributed by atoms with E-state index in [2.05, 4.69) is 51.1 Å². The molecule has 1 aliphatic rings. The molecular weight excluding hydrogens is 423 g/mol. The van der Waals surface area contributed by atoms with Gasteiger partial charge in [-0.15, -0.1) is 0 Å². The third-order valence-electron chi connectivity index (χ3n) is 5.34. The van der Waals surface area contributed by atoms with Crippen LogP contribution in [0.4, 0.5) is 9.18 Å². The largest absolute Gasteiger partial charge is 0.465 e. The average molecular weight is 444 g/mol. The predicted molar refractivity (Wildman–Crippen MR) is 120 cm³/mol. The van der Waals surface area contributed by atoms with E-state index in [0.717, 1.165) is 18.2 Å². The van der Waals surface area contributed by atoms with Gasteiger partial charge in [0.1, 0.15) is 12.2 Å². The number of pyridine rings is 1. The second kappa shape index (κ2) is 9.96. The molecule has 0 bridgehead atoms. The van der Waals surface area contributed by atoms with Gasteiger partial charge in [-0.25, -0.2) is 14.6 Å². The molecule has 0 spiro atoms. The minimum Gasteiger partial charge on any atom is -0.465 e. The Kier molecular flexibility index (Phi) is 6.65. The molecule has 1 aliphatic carbocycles. The van der Waals surface area contributed by atoms with Gasteiger partial charge in [-0.1, -0.05) is 60.4 Å². The van der Waals surface area contributed by atoms with Crippen LogP contribution >= 0.6 is 0 Å². The van der Waals surface area contributed by atoms with Crippen LogP contribution in [0.1, 0.15) is 39.4 Å². The number of nitrogens with one attached hydrogen (secondary N) is 1. The van der Waals surface area contributed by atoms with E-state index < -0.39 is 18.0 Å². The molecule has 33 heavy (non-hydrogen) atoms. The Morgan fingerprint density at radius 2 is 1.76 bits per heavy atom. The highest BCUT2D eigenvalue weighted by molar-refractivity contribution is 5.89. The summed E-state index contributed by atoms with van der Waals surface area (Å²) in [7, 11) is 1.16. The lowest BCUT2D eigenvalue weighted by Crippen LogP contribution is -2.26. The van der Waals surface area contributed by atoms with Crippen molar-refractivity contribution in [1.82, 2.24) is 10.3 Å². The summed E-state index contributed by atoms with van der Waals surface area (Å²) in [5.74, 6) is 3.90. The maximum absolute atomic E-state index is 13.6. The first-order valence-electron chi connectivity index (χ1n) is 10.4. The minimum absolute atomic E-state index is 0.00192. The lowest BCUT2D eigenvalue weighted by molar-refractivity contribution is 0.0594. The first-order chi connectivity index (χ1) is 16.1. The van der Waals surface area contributed by atoms with E-state index in [1.165, 1.54) is 23.4 Å². The van der Waals surface area contributed by atoms with Gasteiger partial charge in [-0.05, 0) is 28.3 Å². The Bertz CT molecular complexity index is 1220. The van der Waals surface area contributed by atoms with Gasteiger partial charge in [0.2, 0.25) is 5.95 Å². The minimum atomic E-state index is -0.913. The second-order valence-electron chi connectivity index (χ2n) is 7.36. The Balaban J connectivity index is 1.28. The molecule has 6 nitrogen and oxygen atoms in total. The quantitative estimate of drug-likeness (QED) is 0.275. The second-order valence-corrected chi connectivity index (χ2v) is 7.36. The van der Waals surface area contributed by atoms with Crippen molar-refractivity contribution in [2.24, 2.45) is 0 Å². The monoisotopic (exact) mass is 444 g/mol. The number of ether oxygens (including phenoxy) is 2. The fraction of sp³-hybridized carbons (Fsp3) is 0.192. The normalized spacial score (nSPS) is 11.6. The van der Waals surface area contributed by atoms with E-state index in [0.29, 0.717) is 12.0 Å². The fourth-order valence-electron chi connectivity index (χ4n) is 3.81. The highest BCUT2D eigenvalue weighted by Crippen LogP contribution is 2.44. The van der Waals surface area contributed by atoms with Crippen molar-refractivity contribution >= 4 is 12.1 Å². The van der Waals surface area contributed by atoms with Gasteiger partial charge in [-0.2, -0.15) is 4.39 Å². The number of fused-ring (bicyclic) bond motifs is 3. The van der Waals surface area contributed by atoms with Crippen molar-refractivity contribution in [1.29, 1.82) is 0 Å². The Hall–Kier alpha value is -4.18. The molecule has 0 saturated heterocycles. The van der Waals surface area contributed by atoms with Gasteiger partial charge >= 0.3 is 12.1 Å². The molecule has 0 aliphatic heterocycles. The molecule has 2 aromatic carbocycles. The van der Waals surface area contributed by atoms with Crippen LogP contribution in [-0.2, 0) is 9.47 Å². The summed E-state index contributed by atoms with van der Waals surface area (Å²) in [5, 5.41) is 2.68. The van der Waals surface area contributed by atoms with Gasteiger partial charge in [-0.3, -0.25) is 0 Å². The molecular formula is C26H21FN2O4. The third-order valence-corrected chi connectivity index (χ3v) is 5.34. The number of alkyl carbamates (subject to hydrolysis) is 1. The zero-order valence-electron chi connectivity index (χ0n) is 17.9. The maximum Gasteiger partial charge on any atom is 0.407 e. The van der Waals surface area contributed by atoms with Gasteiger partial charge < -0.3 is 14.8 Å². The molecule has 0 fully saturated rings. The maximum atomic E-state index is 13.6. The molecule has 0 saturated carbocycles. The Morgan fingerprint density at radius 3 is 2.42 bits per heavy atom.